The van der Waals surface area contributed by atoms with Gasteiger partial charge in [-0.15, -0.1) is 0 Å². The molecule has 0 unspecified atom stereocenters. The quantitative estimate of drug-likeness (QED) is 0.0722. The molecule has 3 N–H and O–H groups in total. The van der Waals surface area contributed by atoms with Gasteiger partial charge < -0.3 is 29.6 Å². The number of benzene rings is 3. The minimum absolute atomic E-state index is 0.226. The number of hydrogen-bond acceptors (Lipinski definition) is 8. The van der Waals surface area contributed by atoms with E-state index in [1.165, 1.54) is 6.21 Å². The fourth-order valence-electron chi connectivity index (χ4n) is 4.41. The zero-order chi connectivity index (χ0) is 31.5. The van der Waals surface area contributed by atoms with Crippen LogP contribution >= 0.6 is 34.8 Å². The second-order valence-corrected chi connectivity index (χ2v) is 11.0. The summed E-state index contributed by atoms with van der Waals surface area (Å²) in [6.07, 6.45) is 1.52. The molecule has 3 aromatic carbocycles. The highest BCUT2D eigenvalue weighted by Gasteiger charge is 2.32. The molecule has 1 atom stereocenters. The molecule has 0 saturated carbocycles. The monoisotopic (exact) mass is 728 g/mol. The van der Waals surface area contributed by atoms with Gasteiger partial charge >= 0.3 is 5.97 Å². The van der Waals surface area contributed by atoms with Crippen LogP contribution in [0, 0.1) is 3.57 Å². The number of halogens is 1. The van der Waals surface area contributed by atoms with Crippen molar-refractivity contribution in [1.29, 1.82) is 0 Å². The summed E-state index contributed by atoms with van der Waals surface area (Å²) in [5.41, 5.74) is 5.84. The molecule has 0 spiro atoms. The Hall–Kier alpha value is -4.17. The Morgan fingerprint density at radius 3 is 2.50 bits per heavy atom. The van der Waals surface area contributed by atoms with Gasteiger partial charge in [0.1, 0.15) is 12.4 Å². The molecule has 10 nitrogen and oxygen atoms in total. The maximum absolute atomic E-state index is 12.8. The van der Waals surface area contributed by atoms with Crippen LogP contribution in [0.5, 0.6) is 17.2 Å². The van der Waals surface area contributed by atoms with Crippen molar-refractivity contribution in [3.63, 3.8) is 0 Å². The van der Waals surface area contributed by atoms with E-state index in [4.69, 9.17) is 31.2 Å². The zero-order valence-electron chi connectivity index (χ0n) is 24.5. The first kappa shape index (κ1) is 32.7. The Kier molecular flexibility index (Phi) is 11.9. The van der Waals surface area contributed by atoms with Crippen molar-refractivity contribution in [2.24, 2.45) is 5.10 Å². The van der Waals surface area contributed by atoms with Crippen LogP contribution in [0.25, 0.3) is 0 Å². The number of rotatable bonds is 13. The molecule has 1 heterocycles. The number of thiocarbonyl (C=S) groups is 1. The predicted molar refractivity (Wildman–Crippen MR) is 180 cm³/mol. The maximum atomic E-state index is 12.8. The van der Waals surface area contributed by atoms with E-state index in [9.17, 15) is 9.59 Å². The van der Waals surface area contributed by atoms with Crippen molar-refractivity contribution in [2.75, 3.05) is 19.8 Å². The molecule has 0 aromatic heterocycles. The van der Waals surface area contributed by atoms with E-state index >= 15 is 0 Å². The highest BCUT2D eigenvalue weighted by Crippen LogP contribution is 2.35. The van der Waals surface area contributed by atoms with Gasteiger partial charge in [0.2, 0.25) is 0 Å². The summed E-state index contributed by atoms with van der Waals surface area (Å²) < 4.78 is 23.9. The third kappa shape index (κ3) is 8.69. The summed E-state index contributed by atoms with van der Waals surface area (Å²) >= 11 is 7.52. The molecule has 1 aliphatic rings. The minimum Gasteiger partial charge on any atom is -0.490 e. The Morgan fingerprint density at radius 1 is 1.00 bits per heavy atom. The third-order valence-electron chi connectivity index (χ3n) is 6.31. The van der Waals surface area contributed by atoms with E-state index in [0.717, 1.165) is 14.7 Å². The molecule has 0 bridgehead atoms. The average molecular weight is 729 g/mol. The molecule has 0 aliphatic carbocycles. The molecule has 1 amide bonds. The number of allylic oxidation sites excluding steroid dienone is 1. The van der Waals surface area contributed by atoms with Crippen LogP contribution in [0.4, 0.5) is 0 Å². The number of carbonyl (C=O) groups is 2. The van der Waals surface area contributed by atoms with E-state index in [-0.39, 0.29) is 13.2 Å². The molecule has 4 rings (SSSR count). The van der Waals surface area contributed by atoms with E-state index in [0.29, 0.717) is 52.4 Å². The van der Waals surface area contributed by atoms with Crippen LogP contribution in [0.1, 0.15) is 43.5 Å². The number of nitrogens with one attached hydrogen (secondary N) is 3. The lowest BCUT2D eigenvalue weighted by atomic mass is 9.95. The first-order chi connectivity index (χ1) is 21.3. The van der Waals surface area contributed by atoms with E-state index in [1.807, 2.05) is 55.5 Å². The summed E-state index contributed by atoms with van der Waals surface area (Å²) in [6.45, 7) is 6.18. The summed E-state index contributed by atoms with van der Waals surface area (Å²) in [6, 6.07) is 20.1. The number of nitrogens with zero attached hydrogens (tertiary/aromatic N) is 1. The van der Waals surface area contributed by atoms with E-state index in [2.05, 4.69) is 43.8 Å². The molecular formula is C32H33IN4O6S. The van der Waals surface area contributed by atoms with Crippen molar-refractivity contribution < 1.29 is 28.5 Å². The number of hydrazone groups is 1. The minimum atomic E-state index is -0.623. The summed E-state index contributed by atoms with van der Waals surface area (Å²) in [7, 11) is 0. The molecule has 44 heavy (non-hydrogen) atoms. The van der Waals surface area contributed by atoms with Gasteiger partial charge in [0.25, 0.3) is 5.91 Å². The topological polar surface area (TPSA) is 120 Å². The second kappa shape index (κ2) is 16.1. The lowest BCUT2D eigenvalue weighted by molar-refractivity contribution is -0.139. The normalized spacial score (nSPS) is 14.5. The van der Waals surface area contributed by atoms with Crippen LogP contribution in [-0.4, -0.2) is 43.0 Å². The van der Waals surface area contributed by atoms with Crippen LogP contribution < -0.4 is 30.3 Å². The molecule has 12 heteroatoms. The van der Waals surface area contributed by atoms with Gasteiger partial charge in [0.05, 0.1) is 34.6 Å². The number of ether oxygens (including phenoxy) is 4. The molecule has 0 radical (unpaired) electrons. The largest absolute Gasteiger partial charge is 0.490 e. The van der Waals surface area contributed by atoms with Crippen LogP contribution in [-0.2, 0) is 20.9 Å². The van der Waals surface area contributed by atoms with Crippen LogP contribution in [0.3, 0.4) is 0 Å². The molecular weight excluding hydrogens is 695 g/mol. The summed E-state index contributed by atoms with van der Waals surface area (Å²) in [5, 5.41) is 10.5. The Morgan fingerprint density at radius 2 is 1.75 bits per heavy atom. The summed E-state index contributed by atoms with van der Waals surface area (Å²) in [5.74, 6) is 0.692. The number of para-hydroxylation sites is 1. The van der Waals surface area contributed by atoms with Gasteiger partial charge in [-0.25, -0.2) is 10.2 Å². The first-order valence-electron chi connectivity index (χ1n) is 13.9. The van der Waals surface area contributed by atoms with Crippen molar-refractivity contribution in [3.8, 4) is 17.2 Å². The third-order valence-corrected chi connectivity index (χ3v) is 7.34. The van der Waals surface area contributed by atoms with Crippen molar-refractivity contribution in [2.45, 2.75) is 33.4 Å². The smallest absolute Gasteiger partial charge is 0.338 e. The lowest BCUT2D eigenvalue weighted by Crippen LogP contribution is -2.45. The molecule has 230 valence electrons. The molecule has 1 aliphatic heterocycles. The number of carbonyl (C=O) groups excluding carboxylic acids is 2. The molecule has 3 aromatic rings. The maximum Gasteiger partial charge on any atom is 0.338 e. The van der Waals surface area contributed by atoms with Crippen molar-refractivity contribution in [1.82, 2.24) is 16.1 Å². The number of amides is 1. The summed E-state index contributed by atoms with van der Waals surface area (Å²) in [4.78, 5) is 25.4. The standard InChI is InChI=1S/C32H33IN4O6S/c1-4-40-26-16-22(15-24(33)30(26)43-18-21-11-7-6-8-12-21)17-34-37-27(38)19-42-25-14-10-9-13-23(25)29-28(31(39)41-5-2)20(3)35-32(44)36-29/h6-17,29H,4-5,18-19H2,1-3H3,(H,37,38)(H2,35,36,44)/t29-/m0/s1. The second-order valence-electron chi connectivity index (χ2n) is 9.45. The fourth-order valence-corrected chi connectivity index (χ4v) is 5.46. The van der Waals surface area contributed by atoms with E-state index in [1.54, 1.807) is 32.0 Å². The average Bonchev–Trinajstić information content (AvgIpc) is 3.00. The van der Waals surface area contributed by atoms with Gasteiger partial charge in [-0.05, 0) is 84.9 Å². The van der Waals surface area contributed by atoms with Gasteiger partial charge in [0.15, 0.2) is 23.2 Å². The Balaban J connectivity index is 1.41. The predicted octanol–water partition coefficient (Wildman–Crippen LogP) is 5.15. The first-order valence-corrected chi connectivity index (χ1v) is 15.4. The number of hydrogen-bond donors (Lipinski definition) is 3. The SMILES string of the molecule is CCOC(=O)C1=C(C)NC(=S)N[C@H]1c1ccccc1OCC(=O)NN=Cc1cc(I)c(OCc2ccccc2)c(OCC)c1. The fraction of sp³-hybridized carbons (Fsp3) is 0.250. The van der Waals surface area contributed by atoms with E-state index < -0.39 is 17.9 Å². The number of esters is 1. The van der Waals surface area contributed by atoms with Gasteiger partial charge in [-0.2, -0.15) is 5.10 Å². The van der Waals surface area contributed by atoms with Gasteiger partial charge in [-0.3, -0.25) is 4.79 Å². The van der Waals surface area contributed by atoms with Crippen LogP contribution in [0.2, 0.25) is 0 Å². The Bertz CT molecular complexity index is 1560. The highest BCUT2D eigenvalue weighted by atomic mass is 127. The van der Waals surface area contributed by atoms with Crippen molar-refractivity contribution >= 4 is 58.0 Å². The molecule has 0 fully saturated rings. The van der Waals surface area contributed by atoms with Crippen molar-refractivity contribution in [3.05, 3.63) is 98.3 Å². The molecule has 0 saturated heterocycles. The van der Waals surface area contributed by atoms with Gasteiger partial charge in [0, 0.05) is 11.3 Å². The lowest BCUT2D eigenvalue weighted by Gasteiger charge is -2.30. The van der Waals surface area contributed by atoms with Gasteiger partial charge in [-0.1, -0.05) is 48.5 Å². The zero-order valence-corrected chi connectivity index (χ0v) is 27.5. The van der Waals surface area contributed by atoms with Crippen LogP contribution in [0.15, 0.2) is 83.1 Å². The highest BCUT2D eigenvalue weighted by molar-refractivity contribution is 14.1. The Labute approximate surface area is 275 Å².